The molecule has 1 aromatic heterocycles. The molecule has 2 aromatic rings. The van der Waals surface area contributed by atoms with Crippen molar-refractivity contribution in [2.75, 3.05) is 0 Å². The first-order valence-electron chi connectivity index (χ1n) is 5.28. The first kappa shape index (κ1) is 12.9. The summed E-state index contributed by atoms with van der Waals surface area (Å²) >= 11 is 2.18. The number of carbonyl (C=O) groups is 1. The van der Waals surface area contributed by atoms with Crippen LogP contribution in [0.1, 0.15) is 21.9 Å². The fourth-order valence-corrected chi connectivity index (χ4v) is 2.08. The zero-order valence-electron chi connectivity index (χ0n) is 9.64. The molecule has 0 aliphatic rings. The van der Waals surface area contributed by atoms with Crippen molar-refractivity contribution in [3.8, 4) is 5.75 Å². The molecule has 0 bridgehead atoms. The lowest BCUT2D eigenvalue weighted by Gasteiger charge is -2.05. The molecule has 5 heteroatoms. The fourth-order valence-electron chi connectivity index (χ4n) is 1.54. The van der Waals surface area contributed by atoms with Gasteiger partial charge in [0, 0.05) is 0 Å². The highest BCUT2D eigenvalue weighted by atomic mass is 127. The second-order valence-electron chi connectivity index (χ2n) is 3.71. The second-order valence-corrected chi connectivity index (χ2v) is 4.87. The Labute approximate surface area is 118 Å². The van der Waals surface area contributed by atoms with Gasteiger partial charge in [0.15, 0.2) is 0 Å². The molecule has 18 heavy (non-hydrogen) atoms. The number of carboxylic acid groups (broad SMARTS) is 1. The third-order valence-electron chi connectivity index (χ3n) is 2.41. The van der Waals surface area contributed by atoms with Crippen LogP contribution in [0.15, 0.2) is 34.7 Å². The van der Waals surface area contributed by atoms with E-state index in [1.807, 2.05) is 24.3 Å². The highest BCUT2D eigenvalue weighted by Crippen LogP contribution is 2.22. The van der Waals surface area contributed by atoms with E-state index < -0.39 is 5.97 Å². The summed E-state index contributed by atoms with van der Waals surface area (Å²) in [5, 5.41) is 8.91. The van der Waals surface area contributed by atoms with Crippen LogP contribution in [-0.2, 0) is 6.61 Å². The van der Waals surface area contributed by atoms with Crippen molar-refractivity contribution < 1.29 is 19.1 Å². The molecule has 1 N–H and O–H groups in total. The van der Waals surface area contributed by atoms with Crippen molar-refractivity contribution in [3.05, 3.63) is 51.0 Å². The standard InChI is InChI=1S/C13H11IO4/c1-8-10(13(15)16)6-9(18-8)7-17-12-5-3-2-4-11(12)14/h2-6H,7H2,1H3,(H,15,16). The summed E-state index contributed by atoms with van der Waals surface area (Å²) in [6.45, 7) is 1.84. The number of hydrogen-bond acceptors (Lipinski definition) is 3. The van der Waals surface area contributed by atoms with Crippen molar-refractivity contribution in [1.29, 1.82) is 0 Å². The molecule has 0 fully saturated rings. The van der Waals surface area contributed by atoms with Crippen LogP contribution in [0.2, 0.25) is 0 Å². The summed E-state index contributed by atoms with van der Waals surface area (Å²) in [5.74, 6) is 0.661. The van der Waals surface area contributed by atoms with E-state index in [2.05, 4.69) is 22.6 Å². The van der Waals surface area contributed by atoms with Gasteiger partial charge in [0.2, 0.25) is 0 Å². The Hall–Kier alpha value is -1.50. The first-order chi connectivity index (χ1) is 8.58. The lowest BCUT2D eigenvalue weighted by molar-refractivity contribution is 0.0695. The van der Waals surface area contributed by atoms with Crippen LogP contribution >= 0.6 is 22.6 Å². The molecule has 2 rings (SSSR count). The van der Waals surface area contributed by atoms with Gasteiger partial charge in [0.05, 0.1) is 3.57 Å². The Morgan fingerprint density at radius 1 is 1.44 bits per heavy atom. The van der Waals surface area contributed by atoms with Crippen molar-refractivity contribution in [3.63, 3.8) is 0 Å². The Kier molecular flexibility index (Phi) is 3.90. The lowest BCUT2D eigenvalue weighted by atomic mass is 10.2. The number of ether oxygens (including phenoxy) is 1. The number of aromatic carboxylic acids is 1. The predicted octanol–water partition coefficient (Wildman–Crippen LogP) is 3.47. The minimum Gasteiger partial charge on any atom is -0.485 e. The molecule has 0 radical (unpaired) electrons. The van der Waals surface area contributed by atoms with Gasteiger partial charge < -0.3 is 14.3 Å². The molecule has 1 aromatic carbocycles. The van der Waals surface area contributed by atoms with Crippen molar-refractivity contribution >= 4 is 28.6 Å². The van der Waals surface area contributed by atoms with Crippen molar-refractivity contribution in [1.82, 2.24) is 0 Å². The summed E-state index contributed by atoms with van der Waals surface area (Å²) < 4.78 is 11.9. The van der Waals surface area contributed by atoms with E-state index in [0.29, 0.717) is 11.5 Å². The number of aryl methyl sites for hydroxylation is 1. The number of para-hydroxylation sites is 1. The molecular weight excluding hydrogens is 347 g/mol. The quantitative estimate of drug-likeness (QED) is 0.851. The first-order valence-corrected chi connectivity index (χ1v) is 6.35. The SMILES string of the molecule is Cc1oc(COc2ccccc2I)cc1C(=O)O. The molecule has 0 atom stereocenters. The Bertz CT molecular complexity index is 574. The van der Waals surface area contributed by atoms with E-state index in [1.54, 1.807) is 6.92 Å². The van der Waals surface area contributed by atoms with E-state index in [4.69, 9.17) is 14.3 Å². The maximum atomic E-state index is 10.9. The lowest BCUT2D eigenvalue weighted by Crippen LogP contribution is -1.96. The molecule has 0 aliphatic heterocycles. The molecule has 94 valence electrons. The number of rotatable bonds is 4. The van der Waals surface area contributed by atoms with Gasteiger partial charge in [0.25, 0.3) is 0 Å². The Morgan fingerprint density at radius 3 is 2.78 bits per heavy atom. The van der Waals surface area contributed by atoms with Gasteiger partial charge in [-0.25, -0.2) is 4.79 Å². The molecular formula is C13H11IO4. The van der Waals surface area contributed by atoms with Gasteiger partial charge >= 0.3 is 5.97 Å². The molecule has 0 aliphatic carbocycles. The largest absolute Gasteiger partial charge is 0.485 e. The molecule has 0 unspecified atom stereocenters. The fraction of sp³-hybridized carbons (Fsp3) is 0.154. The summed E-state index contributed by atoms with van der Waals surface area (Å²) in [4.78, 5) is 10.9. The smallest absolute Gasteiger partial charge is 0.339 e. The normalized spacial score (nSPS) is 10.3. The van der Waals surface area contributed by atoms with Crippen LogP contribution in [0, 0.1) is 10.5 Å². The summed E-state index contributed by atoms with van der Waals surface area (Å²) in [6.07, 6.45) is 0. The highest BCUT2D eigenvalue weighted by Gasteiger charge is 2.14. The summed E-state index contributed by atoms with van der Waals surface area (Å²) in [5.41, 5.74) is 0.177. The van der Waals surface area contributed by atoms with Crippen LogP contribution in [0.4, 0.5) is 0 Å². The van der Waals surface area contributed by atoms with Gasteiger partial charge in [-0.2, -0.15) is 0 Å². The maximum Gasteiger partial charge on any atom is 0.339 e. The van der Waals surface area contributed by atoms with Crippen LogP contribution in [0.25, 0.3) is 0 Å². The van der Waals surface area contributed by atoms with Crippen LogP contribution in [0.5, 0.6) is 5.75 Å². The Morgan fingerprint density at radius 2 is 2.17 bits per heavy atom. The van der Waals surface area contributed by atoms with Crippen LogP contribution in [0.3, 0.4) is 0 Å². The number of hydrogen-bond donors (Lipinski definition) is 1. The third kappa shape index (κ3) is 2.84. The summed E-state index contributed by atoms with van der Waals surface area (Å²) in [6, 6.07) is 9.09. The van der Waals surface area contributed by atoms with Gasteiger partial charge in [-0.15, -0.1) is 0 Å². The van der Waals surface area contributed by atoms with Crippen molar-refractivity contribution in [2.45, 2.75) is 13.5 Å². The zero-order chi connectivity index (χ0) is 13.1. The molecule has 0 spiro atoms. The van der Waals surface area contributed by atoms with E-state index in [9.17, 15) is 4.79 Å². The molecule has 0 saturated carbocycles. The average Bonchev–Trinajstić information content (AvgIpc) is 2.70. The van der Waals surface area contributed by atoms with E-state index >= 15 is 0 Å². The summed E-state index contributed by atoms with van der Waals surface area (Å²) in [7, 11) is 0. The number of carboxylic acids is 1. The average molecular weight is 358 g/mol. The number of halogens is 1. The Balaban J connectivity index is 2.09. The van der Waals surface area contributed by atoms with E-state index in [-0.39, 0.29) is 12.2 Å². The van der Waals surface area contributed by atoms with E-state index in [1.165, 1.54) is 6.07 Å². The monoisotopic (exact) mass is 358 g/mol. The second kappa shape index (κ2) is 5.43. The van der Waals surface area contributed by atoms with Crippen molar-refractivity contribution in [2.24, 2.45) is 0 Å². The minimum atomic E-state index is -0.989. The minimum absolute atomic E-state index is 0.177. The van der Waals surface area contributed by atoms with Gasteiger partial charge in [-0.05, 0) is 47.7 Å². The molecule has 4 nitrogen and oxygen atoms in total. The van der Waals surface area contributed by atoms with Crippen LogP contribution < -0.4 is 4.74 Å². The molecule has 1 heterocycles. The van der Waals surface area contributed by atoms with Gasteiger partial charge in [-0.3, -0.25) is 0 Å². The predicted molar refractivity (Wildman–Crippen MR) is 73.9 cm³/mol. The topological polar surface area (TPSA) is 59.7 Å². The highest BCUT2D eigenvalue weighted by molar-refractivity contribution is 14.1. The molecule has 0 amide bonds. The molecule has 0 saturated heterocycles. The zero-order valence-corrected chi connectivity index (χ0v) is 11.8. The third-order valence-corrected chi connectivity index (χ3v) is 3.30. The van der Waals surface area contributed by atoms with Gasteiger partial charge in [-0.1, -0.05) is 12.1 Å². The number of benzene rings is 1. The van der Waals surface area contributed by atoms with Crippen LogP contribution in [-0.4, -0.2) is 11.1 Å². The number of furan rings is 1. The maximum absolute atomic E-state index is 10.9. The van der Waals surface area contributed by atoms with Gasteiger partial charge in [0.1, 0.15) is 29.4 Å². The van der Waals surface area contributed by atoms with E-state index in [0.717, 1.165) is 9.32 Å².